The molecule has 24 heteroatoms. The van der Waals surface area contributed by atoms with Crippen molar-refractivity contribution in [1.29, 1.82) is 0 Å². The van der Waals surface area contributed by atoms with Crippen LogP contribution in [-0.2, 0) is 43.9 Å². The van der Waals surface area contributed by atoms with Crippen LogP contribution in [0, 0.1) is 0 Å². The van der Waals surface area contributed by atoms with Gasteiger partial charge in [0.25, 0.3) is 0 Å². The van der Waals surface area contributed by atoms with Crippen LogP contribution in [0.15, 0.2) is 25.3 Å². The molecule has 3 unspecified atom stereocenters. The highest BCUT2D eigenvalue weighted by Crippen LogP contribution is 2.53. The zero-order valence-corrected chi connectivity index (χ0v) is 24.6. The number of halogens is 2. The summed E-state index contributed by atoms with van der Waals surface area (Å²) in [6.07, 6.45) is -8.51. The number of imidazole rings is 2. The van der Waals surface area contributed by atoms with E-state index in [0.29, 0.717) is 0 Å². The van der Waals surface area contributed by atoms with Crippen molar-refractivity contribution >= 4 is 67.5 Å². The summed E-state index contributed by atoms with van der Waals surface area (Å²) in [6.45, 7) is -5.92. The molecule has 3 aliphatic heterocycles. The van der Waals surface area contributed by atoms with Gasteiger partial charge in [-0.3, -0.25) is 9.13 Å². The summed E-state index contributed by atoms with van der Waals surface area (Å²) in [6, 6.07) is 0. The van der Waals surface area contributed by atoms with Gasteiger partial charge in [0.15, 0.2) is 47.7 Å². The fraction of sp³-hybridized carbons (Fsp3) is 0.500. The van der Waals surface area contributed by atoms with Gasteiger partial charge in [0, 0.05) is 0 Å². The van der Waals surface area contributed by atoms with E-state index in [4.69, 9.17) is 58.4 Å². The van der Waals surface area contributed by atoms with Crippen molar-refractivity contribution < 1.29 is 45.8 Å². The second kappa shape index (κ2) is 10.9. The first kappa shape index (κ1) is 29.9. The highest BCUT2D eigenvalue weighted by molar-refractivity contribution is 8.06. The lowest BCUT2D eigenvalue weighted by atomic mass is 10.1. The van der Waals surface area contributed by atoms with Gasteiger partial charge in [-0.15, -0.1) is 0 Å². The van der Waals surface area contributed by atoms with E-state index in [1.54, 1.807) is 0 Å². The fourth-order valence-corrected chi connectivity index (χ4v) is 7.62. The Hall–Kier alpha value is -2.78. The molecule has 0 aliphatic carbocycles. The van der Waals surface area contributed by atoms with Crippen LogP contribution >= 0.6 is 14.2 Å². The summed E-state index contributed by atoms with van der Waals surface area (Å²) in [7, 11) is 1.23. The molecule has 7 rings (SSSR count). The van der Waals surface area contributed by atoms with Gasteiger partial charge >= 0.3 is 0 Å². The smallest absolute Gasteiger partial charge is 0.174 e. The minimum absolute atomic E-state index is 0.0390. The number of anilines is 2. The van der Waals surface area contributed by atoms with E-state index in [0.717, 1.165) is 12.7 Å². The molecule has 44 heavy (non-hydrogen) atoms. The van der Waals surface area contributed by atoms with Crippen molar-refractivity contribution in [2.45, 2.75) is 49.2 Å². The first-order valence-electron chi connectivity index (χ1n) is 12.7. The number of aromatic nitrogens is 8. The SMILES string of the molecule is [B-][P@@]1(=O)OC[C@H]2O[C@@H](n3cnc4c(N)ncnc43)C(F)[C@H]2OP([O-])(=S)OC[C@H]2O[C@@H](n3cnc4c(N)ncnc43)[C@@H](F)C2O1. The number of nitrogen functional groups attached to an aromatic ring is 2. The zero-order chi connectivity index (χ0) is 31.0. The van der Waals surface area contributed by atoms with Crippen LogP contribution in [0.1, 0.15) is 12.5 Å². The lowest BCUT2D eigenvalue weighted by Crippen LogP contribution is -2.38. The van der Waals surface area contributed by atoms with Crippen LogP contribution in [0.25, 0.3) is 22.3 Å². The molecule has 3 aliphatic rings. The minimum Gasteiger partial charge on any atom is -0.780 e. The summed E-state index contributed by atoms with van der Waals surface area (Å²) >= 11 is 5.03. The first-order valence-corrected chi connectivity index (χ1v) is 16.9. The van der Waals surface area contributed by atoms with Crippen molar-refractivity contribution in [3.63, 3.8) is 0 Å². The number of hydrogen-bond acceptors (Lipinski definition) is 17. The van der Waals surface area contributed by atoms with E-state index in [2.05, 4.69) is 29.9 Å². The number of hydrogen-bond donors (Lipinski definition) is 2. The quantitative estimate of drug-likeness (QED) is 0.210. The lowest BCUT2D eigenvalue weighted by Gasteiger charge is -2.37. The van der Waals surface area contributed by atoms with Crippen LogP contribution in [0.5, 0.6) is 0 Å². The maximum absolute atomic E-state index is 15.9. The van der Waals surface area contributed by atoms with Gasteiger partial charge in [0.2, 0.25) is 0 Å². The Morgan fingerprint density at radius 1 is 0.841 bits per heavy atom. The van der Waals surface area contributed by atoms with Crippen molar-refractivity contribution in [3.05, 3.63) is 25.3 Å². The molecule has 233 valence electrons. The molecule has 3 fully saturated rings. The summed E-state index contributed by atoms with van der Waals surface area (Å²) < 4.78 is 80.6. The number of nitrogens with zero attached hydrogens (tertiary/aromatic N) is 8. The molecule has 4 aromatic heterocycles. The van der Waals surface area contributed by atoms with E-state index < -0.39 is 76.6 Å². The predicted octanol–water partition coefficient (Wildman–Crippen LogP) is -0.0198. The molecule has 7 heterocycles. The molecule has 0 bridgehead atoms. The normalized spacial score (nSPS) is 38.3. The number of rotatable bonds is 2. The zero-order valence-electron chi connectivity index (χ0n) is 22.0. The molecule has 4 aromatic rings. The van der Waals surface area contributed by atoms with E-state index in [-0.39, 0.29) is 34.0 Å². The average molecular weight is 671 g/mol. The fourth-order valence-electron chi connectivity index (χ4n) is 5.19. The third kappa shape index (κ3) is 5.18. The Kier molecular flexibility index (Phi) is 7.43. The van der Waals surface area contributed by atoms with Gasteiger partial charge in [-0.2, -0.15) is 0 Å². The largest absolute Gasteiger partial charge is 0.780 e. The number of fused-ring (bicyclic) bond motifs is 4. The van der Waals surface area contributed by atoms with Gasteiger partial charge in [0.1, 0.15) is 54.8 Å². The number of ether oxygens (including phenoxy) is 2. The maximum atomic E-state index is 15.9. The maximum Gasteiger partial charge on any atom is 0.174 e. The topological polar surface area (TPSA) is 235 Å². The average Bonchev–Trinajstić information content (AvgIpc) is 3.73. The molecule has 3 radical (unpaired) electrons. The molecule has 0 spiro atoms. The molecule has 3 saturated heterocycles. The Labute approximate surface area is 251 Å². The standard InChI is InChI=1S/C20H21BF2N10O8P2S/c21-42(34)36-1-7-14(10(23)20(38-7)33-6-31-12-16(25)27-4-29-18(12)33)41-43(35,44)37-2-8-13(40-42)9(22)19(39-8)32-5-30-11-15(24)26-3-28-17(11)32/h3-10,13-14,19-20H,1-2H2,(H,35,44)(H2,24,26,28)(H2,25,27,29)/q-1/p-1/t7-,8-,9+,10?,13?,14+,19-,20-,42-,43?/m1/s1. The Balaban J connectivity index is 1.17. The Morgan fingerprint density at radius 2 is 1.32 bits per heavy atom. The van der Waals surface area contributed by atoms with Crippen LogP contribution in [0.2, 0.25) is 0 Å². The molecule has 0 aromatic carbocycles. The first-order chi connectivity index (χ1) is 20.9. The number of nitrogens with two attached hydrogens (primary N) is 2. The Morgan fingerprint density at radius 3 is 1.84 bits per heavy atom. The van der Waals surface area contributed by atoms with Gasteiger partial charge in [-0.05, 0) is 0 Å². The predicted molar refractivity (Wildman–Crippen MR) is 146 cm³/mol. The van der Waals surface area contributed by atoms with E-state index in [1.165, 1.54) is 21.8 Å². The van der Waals surface area contributed by atoms with Gasteiger partial charge in [-0.1, -0.05) is 11.8 Å². The van der Waals surface area contributed by atoms with Crippen LogP contribution in [-0.4, -0.2) is 96.6 Å². The third-order valence-corrected chi connectivity index (χ3v) is 9.78. The van der Waals surface area contributed by atoms with Crippen LogP contribution in [0.4, 0.5) is 20.4 Å². The van der Waals surface area contributed by atoms with Gasteiger partial charge < -0.3 is 56.1 Å². The molecular formula is C20H20BF2N10O8P2S-2. The lowest BCUT2D eigenvalue weighted by molar-refractivity contribution is -0.217. The molecule has 0 amide bonds. The molecular weight excluding hydrogens is 651 g/mol. The second-order valence-corrected chi connectivity index (χ2v) is 14.2. The van der Waals surface area contributed by atoms with Crippen molar-refractivity contribution in [3.8, 4) is 0 Å². The van der Waals surface area contributed by atoms with Gasteiger partial charge in [-0.25, -0.2) is 38.7 Å². The molecule has 10 atom stereocenters. The second-order valence-electron chi connectivity index (χ2n) is 9.90. The van der Waals surface area contributed by atoms with Crippen molar-refractivity contribution in [2.24, 2.45) is 0 Å². The van der Waals surface area contributed by atoms with Crippen LogP contribution < -0.4 is 16.4 Å². The summed E-state index contributed by atoms with van der Waals surface area (Å²) in [5, 5.41) is 0. The van der Waals surface area contributed by atoms with E-state index >= 15 is 8.78 Å². The molecule has 18 nitrogen and oxygen atoms in total. The highest BCUT2D eigenvalue weighted by Gasteiger charge is 2.51. The van der Waals surface area contributed by atoms with Gasteiger partial charge in [0.05, 0.1) is 33.3 Å². The van der Waals surface area contributed by atoms with E-state index in [9.17, 15) is 9.46 Å². The summed E-state index contributed by atoms with van der Waals surface area (Å²) in [4.78, 5) is 37.2. The van der Waals surface area contributed by atoms with Crippen molar-refractivity contribution in [1.82, 2.24) is 39.0 Å². The number of alkyl halides is 2. The minimum atomic E-state index is -4.59. The molecule has 0 saturated carbocycles. The summed E-state index contributed by atoms with van der Waals surface area (Å²) in [5.74, 6) is 0.0785. The third-order valence-electron chi connectivity index (χ3n) is 7.19. The monoisotopic (exact) mass is 671 g/mol. The summed E-state index contributed by atoms with van der Waals surface area (Å²) in [5.41, 5.74) is 12.2. The van der Waals surface area contributed by atoms with Crippen molar-refractivity contribution in [2.75, 3.05) is 24.7 Å². The Bertz CT molecular complexity index is 1710. The molecule has 4 N–H and O–H groups in total. The van der Waals surface area contributed by atoms with Crippen LogP contribution in [0.3, 0.4) is 0 Å². The highest BCUT2D eigenvalue weighted by atomic mass is 32.5. The van der Waals surface area contributed by atoms with E-state index in [1.807, 2.05) is 0 Å².